The molecule has 0 aromatic heterocycles. The number of carbonyl (C=O) groups is 1. The molecule has 1 aromatic carbocycles. The first-order chi connectivity index (χ1) is 7.63. The minimum Gasteiger partial charge on any atom is -0.466 e. The number of carbonyl (C=O) groups excluding carboxylic acids is 1. The van der Waals surface area contributed by atoms with Crippen LogP contribution in [-0.4, -0.2) is 12.6 Å². The maximum absolute atomic E-state index is 13.0. The van der Waals surface area contributed by atoms with E-state index in [1.807, 2.05) is 0 Å². The molecule has 0 bridgehead atoms. The number of esters is 1. The summed E-state index contributed by atoms with van der Waals surface area (Å²) in [7, 11) is 0. The van der Waals surface area contributed by atoms with Crippen molar-refractivity contribution >= 4 is 17.7 Å². The van der Waals surface area contributed by atoms with Gasteiger partial charge in [0.1, 0.15) is 5.82 Å². The molecule has 0 amide bonds. The van der Waals surface area contributed by atoms with Crippen LogP contribution >= 0.6 is 0 Å². The Kier molecular flexibility index (Phi) is 4.51. The number of ether oxygens (including phenoxy) is 1. The molecule has 0 aliphatic heterocycles. The Labute approximate surface area is 93.7 Å². The van der Waals surface area contributed by atoms with E-state index in [0.717, 1.165) is 0 Å². The van der Waals surface area contributed by atoms with Gasteiger partial charge in [-0.3, -0.25) is 4.79 Å². The molecule has 0 atom stereocenters. The minimum atomic E-state index is -0.460. The van der Waals surface area contributed by atoms with Crippen LogP contribution in [-0.2, 0) is 9.53 Å². The lowest BCUT2D eigenvalue weighted by atomic mass is 10.2. The third-order valence-corrected chi connectivity index (χ3v) is 1.92. The molecule has 2 N–H and O–H groups in total. The van der Waals surface area contributed by atoms with Crippen LogP contribution < -0.4 is 5.73 Å². The molecule has 0 saturated carbocycles. The fourth-order valence-electron chi connectivity index (χ4n) is 1.16. The SMILES string of the molecule is CCOC(=O)CC=Cc1ccc(N)c(F)c1. The molecular formula is C12H14FNO2. The van der Waals surface area contributed by atoms with Crippen molar-refractivity contribution in [2.75, 3.05) is 12.3 Å². The molecule has 1 aromatic rings. The second-order valence-corrected chi connectivity index (χ2v) is 3.19. The second-order valence-electron chi connectivity index (χ2n) is 3.19. The van der Waals surface area contributed by atoms with Crippen molar-refractivity contribution in [3.05, 3.63) is 35.7 Å². The first-order valence-corrected chi connectivity index (χ1v) is 5.00. The van der Waals surface area contributed by atoms with E-state index >= 15 is 0 Å². The van der Waals surface area contributed by atoms with Gasteiger partial charge in [0, 0.05) is 0 Å². The van der Waals surface area contributed by atoms with Gasteiger partial charge in [0.05, 0.1) is 18.7 Å². The predicted molar refractivity (Wildman–Crippen MR) is 61.1 cm³/mol. The smallest absolute Gasteiger partial charge is 0.309 e. The van der Waals surface area contributed by atoms with Crippen LogP contribution in [0.25, 0.3) is 6.08 Å². The van der Waals surface area contributed by atoms with Crippen molar-refractivity contribution in [3.63, 3.8) is 0 Å². The number of nitrogens with two attached hydrogens (primary N) is 1. The van der Waals surface area contributed by atoms with Crippen LogP contribution in [0.5, 0.6) is 0 Å². The number of rotatable bonds is 4. The molecule has 0 spiro atoms. The zero-order chi connectivity index (χ0) is 12.0. The fourth-order valence-corrected chi connectivity index (χ4v) is 1.16. The van der Waals surface area contributed by atoms with E-state index < -0.39 is 5.82 Å². The van der Waals surface area contributed by atoms with Gasteiger partial charge in [-0.05, 0) is 24.6 Å². The molecule has 86 valence electrons. The third kappa shape index (κ3) is 3.73. The first kappa shape index (κ1) is 12.2. The molecule has 0 unspecified atom stereocenters. The molecule has 16 heavy (non-hydrogen) atoms. The molecule has 4 heteroatoms. The first-order valence-electron chi connectivity index (χ1n) is 5.00. The lowest BCUT2D eigenvalue weighted by molar-refractivity contribution is -0.142. The van der Waals surface area contributed by atoms with Crippen molar-refractivity contribution in [3.8, 4) is 0 Å². The van der Waals surface area contributed by atoms with Crippen molar-refractivity contribution in [2.24, 2.45) is 0 Å². The van der Waals surface area contributed by atoms with Gasteiger partial charge >= 0.3 is 5.97 Å². The van der Waals surface area contributed by atoms with Gasteiger partial charge in [-0.15, -0.1) is 0 Å². The number of hydrogen-bond donors (Lipinski definition) is 1. The fraction of sp³-hybridized carbons (Fsp3) is 0.250. The van der Waals surface area contributed by atoms with Gasteiger partial charge in [0.25, 0.3) is 0 Å². The summed E-state index contributed by atoms with van der Waals surface area (Å²) < 4.78 is 17.8. The van der Waals surface area contributed by atoms with Crippen LogP contribution in [0.4, 0.5) is 10.1 Å². The van der Waals surface area contributed by atoms with Gasteiger partial charge < -0.3 is 10.5 Å². The van der Waals surface area contributed by atoms with Gasteiger partial charge in [0.2, 0.25) is 0 Å². The Morgan fingerprint density at radius 3 is 2.94 bits per heavy atom. The highest BCUT2D eigenvalue weighted by atomic mass is 19.1. The van der Waals surface area contributed by atoms with E-state index in [1.54, 1.807) is 25.1 Å². The van der Waals surface area contributed by atoms with Crippen molar-refractivity contribution in [2.45, 2.75) is 13.3 Å². The summed E-state index contributed by atoms with van der Waals surface area (Å²) >= 11 is 0. The van der Waals surface area contributed by atoms with Crippen LogP contribution in [0.2, 0.25) is 0 Å². The summed E-state index contributed by atoms with van der Waals surface area (Å²) in [4.78, 5) is 11.0. The monoisotopic (exact) mass is 223 g/mol. The van der Waals surface area contributed by atoms with E-state index in [4.69, 9.17) is 10.5 Å². The van der Waals surface area contributed by atoms with E-state index in [2.05, 4.69) is 0 Å². The lowest BCUT2D eigenvalue weighted by Gasteiger charge is -1.98. The largest absolute Gasteiger partial charge is 0.466 e. The number of anilines is 1. The highest BCUT2D eigenvalue weighted by molar-refractivity contribution is 5.72. The maximum atomic E-state index is 13.0. The standard InChI is InChI=1S/C12H14FNO2/c1-2-16-12(15)5-3-4-9-6-7-11(14)10(13)8-9/h3-4,6-8H,2,5,14H2,1H3. The zero-order valence-corrected chi connectivity index (χ0v) is 9.07. The Bertz CT molecular complexity index is 402. The Morgan fingerprint density at radius 2 is 2.31 bits per heavy atom. The Morgan fingerprint density at radius 1 is 1.56 bits per heavy atom. The Hall–Kier alpha value is -1.84. The van der Waals surface area contributed by atoms with Gasteiger partial charge in [-0.2, -0.15) is 0 Å². The van der Waals surface area contributed by atoms with Gasteiger partial charge in [0.15, 0.2) is 0 Å². The molecule has 0 radical (unpaired) electrons. The van der Waals surface area contributed by atoms with E-state index in [-0.39, 0.29) is 18.1 Å². The highest BCUT2D eigenvalue weighted by Gasteiger charge is 1.99. The highest BCUT2D eigenvalue weighted by Crippen LogP contribution is 2.13. The normalized spacial score (nSPS) is 10.6. The van der Waals surface area contributed by atoms with E-state index in [9.17, 15) is 9.18 Å². The average Bonchev–Trinajstić information content (AvgIpc) is 2.24. The number of nitrogen functional groups attached to an aromatic ring is 1. The topological polar surface area (TPSA) is 52.3 Å². The second kappa shape index (κ2) is 5.90. The number of hydrogen-bond acceptors (Lipinski definition) is 3. The average molecular weight is 223 g/mol. The van der Waals surface area contributed by atoms with Crippen LogP contribution in [0.15, 0.2) is 24.3 Å². The summed E-state index contributed by atoms with van der Waals surface area (Å²) in [5, 5.41) is 0. The van der Waals surface area contributed by atoms with Crippen molar-refractivity contribution < 1.29 is 13.9 Å². The molecule has 1 rings (SSSR count). The third-order valence-electron chi connectivity index (χ3n) is 1.92. The lowest BCUT2D eigenvalue weighted by Crippen LogP contribution is -2.01. The summed E-state index contributed by atoms with van der Waals surface area (Å²) in [6, 6.07) is 4.48. The van der Waals surface area contributed by atoms with Crippen molar-refractivity contribution in [1.82, 2.24) is 0 Å². The summed E-state index contributed by atoms with van der Waals surface area (Å²) in [6.07, 6.45) is 3.46. The van der Waals surface area contributed by atoms with E-state index in [0.29, 0.717) is 12.2 Å². The summed E-state index contributed by atoms with van der Waals surface area (Å²) in [5.41, 5.74) is 6.11. The number of halogens is 1. The molecular weight excluding hydrogens is 209 g/mol. The molecule has 3 nitrogen and oxygen atoms in total. The quantitative estimate of drug-likeness (QED) is 0.629. The summed E-state index contributed by atoms with van der Waals surface area (Å²) in [5.74, 6) is -0.757. The van der Waals surface area contributed by atoms with Crippen LogP contribution in [0.1, 0.15) is 18.9 Å². The minimum absolute atomic E-state index is 0.113. The molecule has 0 aliphatic carbocycles. The van der Waals surface area contributed by atoms with Crippen molar-refractivity contribution in [1.29, 1.82) is 0 Å². The molecule has 0 aliphatic rings. The van der Waals surface area contributed by atoms with E-state index in [1.165, 1.54) is 12.1 Å². The zero-order valence-electron chi connectivity index (χ0n) is 9.07. The van der Waals surface area contributed by atoms with Crippen LogP contribution in [0.3, 0.4) is 0 Å². The number of benzene rings is 1. The van der Waals surface area contributed by atoms with Gasteiger partial charge in [-0.25, -0.2) is 4.39 Å². The van der Waals surface area contributed by atoms with Crippen LogP contribution in [0, 0.1) is 5.82 Å². The molecule has 0 saturated heterocycles. The van der Waals surface area contributed by atoms with Gasteiger partial charge in [-0.1, -0.05) is 18.2 Å². The predicted octanol–water partition coefficient (Wildman–Crippen LogP) is 2.37. The molecule has 0 fully saturated rings. The Balaban J connectivity index is 2.56. The summed E-state index contributed by atoms with van der Waals surface area (Å²) in [6.45, 7) is 2.11. The molecule has 0 heterocycles. The maximum Gasteiger partial charge on any atom is 0.309 e.